The molecule has 0 aromatic carbocycles. The SMILES string of the molecule is CCCC(CCNC(=O)c1cnn(C)c1C)CCC(=O)O. The first-order chi connectivity index (χ1) is 9.95. The molecule has 1 rings (SSSR count). The molecule has 21 heavy (non-hydrogen) atoms. The number of nitrogens with zero attached hydrogens (tertiary/aromatic N) is 2. The smallest absolute Gasteiger partial charge is 0.303 e. The Bertz CT molecular complexity index is 483. The fraction of sp³-hybridized carbons (Fsp3) is 0.667. The van der Waals surface area contributed by atoms with Gasteiger partial charge in [-0.05, 0) is 25.7 Å². The van der Waals surface area contributed by atoms with E-state index in [1.165, 1.54) is 0 Å². The van der Waals surface area contributed by atoms with E-state index in [9.17, 15) is 9.59 Å². The van der Waals surface area contributed by atoms with Gasteiger partial charge < -0.3 is 10.4 Å². The van der Waals surface area contributed by atoms with Crippen LogP contribution in [-0.2, 0) is 11.8 Å². The van der Waals surface area contributed by atoms with Crippen molar-refractivity contribution in [3.8, 4) is 0 Å². The van der Waals surface area contributed by atoms with E-state index in [2.05, 4.69) is 17.3 Å². The Hall–Kier alpha value is -1.85. The minimum Gasteiger partial charge on any atom is -0.481 e. The molecule has 1 atom stereocenters. The molecule has 1 heterocycles. The second-order valence-corrected chi connectivity index (χ2v) is 5.40. The summed E-state index contributed by atoms with van der Waals surface area (Å²) in [6.07, 6.45) is 5.27. The summed E-state index contributed by atoms with van der Waals surface area (Å²) in [6.45, 7) is 4.51. The third kappa shape index (κ3) is 5.57. The van der Waals surface area contributed by atoms with Crippen LogP contribution in [0, 0.1) is 12.8 Å². The number of carbonyl (C=O) groups excluding carboxylic acids is 1. The van der Waals surface area contributed by atoms with E-state index in [0.717, 1.165) is 25.0 Å². The predicted octanol–water partition coefficient (Wildman–Crippen LogP) is 2.13. The average molecular weight is 295 g/mol. The fourth-order valence-electron chi connectivity index (χ4n) is 2.38. The largest absolute Gasteiger partial charge is 0.481 e. The molecule has 1 unspecified atom stereocenters. The van der Waals surface area contributed by atoms with E-state index in [1.54, 1.807) is 17.9 Å². The monoisotopic (exact) mass is 295 g/mol. The molecule has 2 N–H and O–H groups in total. The van der Waals surface area contributed by atoms with Crippen LogP contribution < -0.4 is 5.32 Å². The zero-order chi connectivity index (χ0) is 15.8. The van der Waals surface area contributed by atoms with Crippen LogP contribution in [0.25, 0.3) is 0 Å². The molecule has 0 spiro atoms. The Kier molecular flexibility index (Phi) is 6.91. The number of carboxylic acids is 1. The zero-order valence-electron chi connectivity index (χ0n) is 13.1. The van der Waals surface area contributed by atoms with E-state index in [1.807, 2.05) is 6.92 Å². The highest BCUT2D eigenvalue weighted by Gasteiger charge is 2.14. The maximum absolute atomic E-state index is 12.0. The van der Waals surface area contributed by atoms with Crippen LogP contribution >= 0.6 is 0 Å². The number of hydrogen-bond acceptors (Lipinski definition) is 3. The van der Waals surface area contributed by atoms with Crippen LogP contribution in [0.15, 0.2) is 6.20 Å². The van der Waals surface area contributed by atoms with Crippen LogP contribution in [0.2, 0.25) is 0 Å². The molecule has 0 saturated heterocycles. The van der Waals surface area contributed by atoms with Crippen molar-refractivity contribution < 1.29 is 14.7 Å². The quantitative estimate of drug-likeness (QED) is 0.731. The van der Waals surface area contributed by atoms with E-state index < -0.39 is 5.97 Å². The van der Waals surface area contributed by atoms with Gasteiger partial charge in [0.05, 0.1) is 11.8 Å². The molecule has 6 nitrogen and oxygen atoms in total. The highest BCUT2D eigenvalue weighted by atomic mass is 16.4. The number of aromatic nitrogens is 2. The molecule has 0 saturated carbocycles. The Morgan fingerprint density at radius 2 is 2.10 bits per heavy atom. The summed E-state index contributed by atoms with van der Waals surface area (Å²) >= 11 is 0. The number of amides is 1. The van der Waals surface area contributed by atoms with Crippen molar-refractivity contribution in [2.24, 2.45) is 13.0 Å². The number of aliphatic carboxylic acids is 1. The molecule has 0 radical (unpaired) electrons. The molecule has 0 aliphatic heterocycles. The van der Waals surface area contributed by atoms with Crippen LogP contribution in [0.4, 0.5) is 0 Å². The summed E-state index contributed by atoms with van der Waals surface area (Å²) in [6, 6.07) is 0. The minimum absolute atomic E-state index is 0.117. The van der Waals surface area contributed by atoms with Gasteiger partial charge in [0.15, 0.2) is 0 Å². The van der Waals surface area contributed by atoms with Crippen molar-refractivity contribution >= 4 is 11.9 Å². The lowest BCUT2D eigenvalue weighted by atomic mass is 9.94. The van der Waals surface area contributed by atoms with Crippen LogP contribution in [0.1, 0.15) is 55.1 Å². The highest BCUT2D eigenvalue weighted by Crippen LogP contribution is 2.17. The van der Waals surface area contributed by atoms with Crippen molar-refractivity contribution in [2.75, 3.05) is 6.54 Å². The topological polar surface area (TPSA) is 84.2 Å². The highest BCUT2D eigenvalue weighted by molar-refractivity contribution is 5.94. The molecule has 118 valence electrons. The van der Waals surface area contributed by atoms with Crippen LogP contribution in [0.5, 0.6) is 0 Å². The second kappa shape index (κ2) is 8.44. The first-order valence-electron chi connectivity index (χ1n) is 7.44. The summed E-state index contributed by atoms with van der Waals surface area (Å²) in [5, 5.41) is 15.7. The number of rotatable bonds is 9. The maximum Gasteiger partial charge on any atom is 0.303 e. The minimum atomic E-state index is -0.758. The maximum atomic E-state index is 12.0. The van der Waals surface area contributed by atoms with Gasteiger partial charge in [0, 0.05) is 25.7 Å². The number of nitrogens with one attached hydrogen (secondary N) is 1. The summed E-state index contributed by atoms with van der Waals surface area (Å²) in [4.78, 5) is 22.7. The molecule has 0 aliphatic carbocycles. The average Bonchev–Trinajstić information content (AvgIpc) is 2.76. The normalized spacial score (nSPS) is 12.1. The lowest BCUT2D eigenvalue weighted by Crippen LogP contribution is -2.26. The van der Waals surface area contributed by atoms with Crippen molar-refractivity contribution in [1.82, 2.24) is 15.1 Å². The number of carboxylic acid groups (broad SMARTS) is 1. The zero-order valence-corrected chi connectivity index (χ0v) is 13.1. The van der Waals surface area contributed by atoms with Gasteiger partial charge in [-0.2, -0.15) is 5.10 Å². The molecule has 0 bridgehead atoms. The second-order valence-electron chi connectivity index (χ2n) is 5.40. The number of carbonyl (C=O) groups is 2. The Morgan fingerprint density at radius 1 is 1.38 bits per heavy atom. The third-order valence-corrected chi connectivity index (χ3v) is 3.78. The predicted molar refractivity (Wildman–Crippen MR) is 80.2 cm³/mol. The molecule has 1 aromatic heterocycles. The van der Waals surface area contributed by atoms with Crippen LogP contribution in [-0.4, -0.2) is 33.3 Å². The van der Waals surface area contributed by atoms with Crippen molar-refractivity contribution in [2.45, 2.75) is 46.0 Å². The van der Waals surface area contributed by atoms with Gasteiger partial charge in [0.2, 0.25) is 0 Å². The Labute approximate surface area is 125 Å². The Morgan fingerprint density at radius 3 is 2.62 bits per heavy atom. The summed E-state index contributed by atoms with van der Waals surface area (Å²) < 4.78 is 1.67. The molecule has 0 fully saturated rings. The molecular formula is C15H25N3O3. The van der Waals surface area contributed by atoms with Crippen LogP contribution in [0.3, 0.4) is 0 Å². The molecule has 0 aliphatic rings. The first-order valence-corrected chi connectivity index (χ1v) is 7.44. The van der Waals surface area contributed by atoms with Crippen molar-refractivity contribution in [1.29, 1.82) is 0 Å². The summed E-state index contributed by atoms with van der Waals surface area (Å²) in [7, 11) is 1.80. The first kappa shape index (κ1) is 17.2. The van der Waals surface area contributed by atoms with E-state index in [-0.39, 0.29) is 12.3 Å². The summed E-state index contributed by atoms with van der Waals surface area (Å²) in [5.74, 6) is -0.526. The van der Waals surface area contributed by atoms with Gasteiger partial charge in [0.25, 0.3) is 5.91 Å². The van der Waals surface area contributed by atoms with Gasteiger partial charge in [-0.1, -0.05) is 19.8 Å². The van der Waals surface area contributed by atoms with Crippen molar-refractivity contribution in [3.63, 3.8) is 0 Å². The molecule has 6 heteroatoms. The van der Waals surface area contributed by atoms with Gasteiger partial charge in [-0.25, -0.2) is 0 Å². The lowest BCUT2D eigenvalue weighted by Gasteiger charge is -2.15. The third-order valence-electron chi connectivity index (χ3n) is 3.78. The van der Waals surface area contributed by atoms with Gasteiger partial charge in [-0.3, -0.25) is 14.3 Å². The summed E-state index contributed by atoms with van der Waals surface area (Å²) in [5.41, 5.74) is 1.43. The van der Waals surface area contributed by atoms with E-state index in [0.29, 0.717) is 24.4 Å². The van der Waals surface area contributed by atoms with Gasteiger partial charge in [0.1, 0.15) is 0 Å². The van der Waals surface area contributed by atoms with Gasteiger partial charge >= 0.3 is 5.97 Å². The Balaban J connectivity index is 2.40. The van der Waals surface area contributed by atoms with E-state index >= 15 is 0 Å². The number of aryl methyl sites for hydroxylation is 1. The lowest BCUT2D eigenvalue weighted by molar-refractivity contribution is -0.137. The molecular weight excluding hydrogens is 270 g/mol. The van der Waals surface area contributed by atoms with Crippen molar-refractivity contribution in [3.05, 3.63) is 17.5 Å². The molecule has 1 amide bonds. The fourth-order valence-corrected chi connectivity index (χ4v) is 2.38. The standard InChI is InChI=1S/C15H25N3O3/c1-4-5-12(6-7-14(19)20)8-9-16-15(21)13-10-17-18(3)11(13)2/h10,12H,4-9H2,1-3H3,(H,16,21)(H,19,20). The van der Waals surface area contributed by atoms with Gasteiger partial charge in [-0.15, -0.1) is 0 Å². The number of hydrogen-bond donors (Lipinski definition) is 2. The molecule has 1 aromatic rings. The van der Waals surface area contributed by atoms with E-state index in [4.69, 9.17) is 5.11 Å².